The van der Waals surface area contributed by atoms with E-state index in [9.17, 15) is 4.79 Å². The Hall–Kier alpha value is -2.02. The standard InChI is InChI=1S/C13H17N3O/c1-3-15-12-7-5-4-6-11(12)13(17)16-10(2)8-9-14/h4-7,10,15H,3,8H2,1-2H3,(H,16,17). The third-order valence-electron chi connectivity index (χ3n) is 2.31. The van der Waals surface area contributed by atoms with Crippen LogP contribution in [0.1, 0.15) is 30.6 Å². The number of carbonyl (C=O) groups excluding carboxylic acids is 1. The summed E-state index contributed by atoms with van der Waals surface area (Å²) in [5, 5.41) is 14.5. The van der Waals surface area contributed by atoms with Crippen molar-refractivity contribution in [2.45, 2.75) is 26.3 Å². The molecule has 0 aliphatic carbocycles. The molecule has 0 fully saturated rings. The van der Waals surface area contributed by atoms with Crippen molar-refractivity contribution in [3.63, 3.8) is 0 Å². The van der Waals surface area contributed by atoms with Gasteiger partial charge in [0.05, 0.1) is 18.1 Å². The molecule has 1 atom stereocenters. The summed E-state index contributed by atoms with van der Waals surface area (Å²) < 4.78 is 0. The van der Waals surface area contributed by atoms with Crippen molar-refractivity contribution in [2.75, 3.05) is 11.9 Å². The molecule has 0 spiro atoms. The van der Waals surface area contributed by atoms with Gasteiger partial charge in [0, 0.05) is 18.3 Å². The summed E-state index contributed by atoms with van der Waals surface area (Å²) >= 11 is 0. The average molecular weight is 231 g/mol. The molecule has 0 bridgehead atoms. The van der Waals surface area contributed by atoms with Crippen LogP contribution in [-0.4, -0.2) is 18.5 Å². The first kappa shape index (κ1) is 13.0. The van der Waals surface area contributed by atoms with E-state index in [1.165, 1.54) is 0 Å². The fourth-order valence-corrected chi connectivity index (χ4v) is 1.52. The Labute approximate surface area is 102 Å². The number of rotatable bonds is 5. The lowest BCUT2D eigenvalue weighted by atomic mass is 10.1. The van der Waals surface area contributed by atoms with Crippen LogP contribution in [0.25, 0.3) is 0 Å². The van der Waals surface area contributed by atoms with Crippen LogP contribution < -0.4 is 10.6 Å². The molecule has 4 heteroatoms. The van der Waals surface area contributed by atoms with Crippen molar-refractivity contribution < 1.29 is 4.79 Å². The van der Waals surface area contributed by atoms with Crippen LogP contribution in [0.2, 0.25) is 0 Å². The van der Waals surface area contributed by atoms with Gasteiger partial charge in [-0.2, -0.15) is 5.26 Å². The number of anilines is 1. The Morgan fingerprint density at radius 3 is 2.82 bits per heavy atom. The molecule has 1 amide bonds. The molecule has 0 aliphatic heterocycles. The van der Waals surface area contributed by atoms with E-state index in [1.54, 1.807) is 6.07 Å². The quantitative estimate of drug-likeness (QED) is 0.816. The van der Waals surface area contributed by atoms with Gasteiger partial charge in [0.25, 0.3) is 5.91 Å². The number of hydrogen-bond donors (Lipinski definition) is 2. The molecule has 0 aromatic heterocycles. The van der Waals surface area contributed by atoms with Crippen LogP contribution in [0, 0.1) is 11.3 Å². The smallest absolute Gasteiger partial charge is 0.253 e. The van der Waals surface area contributed by atoms with Gasteiger partial charge < -0.3 is 10.6 Å². The molecule has 1 aromatic carbocycles. The molecule has 0 saturated heterocycles. The number of nitrogens with zero attached hydrogens (tertiary/aromatic N) is 1. The van der Waals surface area contributed by atoms with Gasteiger partial charge >= 0.3 is 0 Å². The predicted octanol–water partition coefficient (Wildman–Crippen LogP) is 2.15. The summed E-state index contributed by atoms with van der Waals surface area (Å²) in [7, 11) is 0. The highest BCUT2D eigenvalue weighted by atomic mass is 16.1. The lowest BCUT2D eigenvalue weighted by Crippen LogP contribution is -2.32. The van der Waals surface area contributed by atoms with E-state index >= 15 is 0 Å². The van der Waals surface area contributed by atoms with Gasteiger partial charge in [0.15, 0.2) is 0 Å². The number of hydrogen-bond acceptors (Lipinski definition) is 3. The van der Waals surface area contributed by atoms with Gasteiger partial charge in [-0.25, -0.2) is 0 Å². The highest BCUT2D eigenvalue weighted by Gasteiger charge is 2.12. The minimum Gasteiger partial charge on any atom is -0.385 e. The number of para-hydroxylation sites is 1. The van der Waals surface area contributed by atoms with Crippen molar-refractivity contribution >= 4 is 11.6 Å². The molecule has 1 aromatic rings. The van der Waals surface area contributed by atoms with E-state index in [-0.39, 0.29) is 11.9 Å². The van der Waals surface area contributed by atoms with Crippen LogP contribution >= 0.6 is 0 Å². The van der Waals surface area contributed by atoms with Crippen LogP contribution in [0.15, 0.2) is 24.3 Å². The zero-order valence-electron chi connectivity index (χ0n) is 10.2. The number of nitrogens with one attached hydrogen (secondary N) is 2. The molecule has 0 radical (unpaired) electrons. The summed E-state index contributed by atoms with van der Waals surface area (Å²) in [6, 6.07) is 9.24. The van der Waals surface area contributed by atoms with Crippen molar-refractivity contribution in [1.82, 2.24) is 5.32 Å². The number of amides is 1. The van der Waals surface area contributed by atoms with Gasteiger partial charge in [0.2, 0.25) is 0 Å². The molecule has 1 unspecified atom stereocenters. The minimum absolute atomic E-state index is 0.137. The molecule has 0 heterocycles. The SMILES string of the molecule is CCNc1ccccc1C(=O)NC(C)CC#N. The minimum atomic E-state index is -0.149. The fourth-order valence-electron chi connectivity index (χ4n) is 1.52. The summed E-state index contributed by atoms with van der Waals surface area (Å²) in [5.74, 6) is -0.149. The molecule has 90 valence electrons. The lowest BCUT2D eigenvalue weighted by Gasteiger charge is -2.13. The molecule has 0 aliphatic rings. The van der Waals surface area contributed by atoms with Crippen LogP contribution in [0.4, 0.5) is 5.69 Å². The van der Waals surface area contributed by atoms with Crippen molar-refractivity contribution in [1.29, 1.82) is 5.26 Å². The Morgan fingerprint density at radius 1 is 1.47 bits per heavy atom. The second-order valence-corrected chi connectivity index (χ2v) is 3.81. The predicted molar refractivity (Wildman–Crippen MR) is 67.8 cm³/mol. The molecular formula is C13H17N3O. The topological polar surface area (TPSA) is 64.9 Å². The molecule has 1 rings (SSSR count). The summed E-state index contributed by atoms with van der Waals surface area (Å²) in [6.45, 7) is 4.56. The first-order valence-electron chi connectivity index (χ1n) is 5.69. The normalized spacial score (nSPS) is 11.4. The summed E-state index contributed by atoms with van der Waals surface area (Å²) in [5.41, 5.74) is 1.43. The van der Waals surface area contributed by atoms with Crippen LogP contribution in [0.3, 0.4) is 0 Å². The monoisotopic (exact) mass is 231 g/mol. The maximum absolute atomic E-state index is 12.0. The second-order valence-electron chi connectivity index (χ2n) is 3.81. The summed E-state index contributed by atoms with van der Waals surface area (Å²) in [4.78, 5) is 12.0. The summed E-state index contributed by atoms with van der Waals surface area (Å²) in [6.07, 6.45) is 0.315. The molecular weight excluding hydrogens is 214 g/mol. The van der Waals surface area contributed by atoms with Gasteiger partial charge in [0.1, 0.15) is 0 Å². The Morgan fingerprint density at radius 2 is 2.18 bits per heavy atom. The van der Waals surface area contributed by atoms with Crippen molar-refractivity contribution in [3.8, 4) is 6.07 Å². The number of nitriles is 1. The zero-order chi connectivity index (χ0) is 12.7. The first-order valence-corrected chi connectivity index (χ1v) is 5.69. The van der Waals surface area contributed by atoms with Crippen molar-refractivity contribution in [2.24, 2.45) is 0 Å². The van der Waals surface area contributed by atoms with Gasteiger partial charge in [-0.15, -0.1) is 0 Å². The Balaban J connectivity index is 2.78. The van der Waals surface area contributed by atoms with Crippen LogP contribution in [-0.2, 0) is 0 Å². The van der Waals surface area contributed by atoms with E-state index in [0.717, 1.165) is 12.2 Å². The third kappa shape index (κ3) is 3.80. The Kier molecular flexibility index (Phi) is 5.02. The van der Waals surface area contributed by atoms with E-state index < -0.39 is 0 Å². The molecule has 0 saturated carbocycles. The molecule has 2 N–H and O–H groups in total. The first-order chi connectivity index (χ1) is 8.19. The van der Waals surface area contributed by atoms with E-state index in [4.69, 9.17) is 5.26 Å². The molecule has 4 nitrogen and oxygen atoms in total. The largest absolute Gasteiger partial charge is 0.385 e. The number of benzene rings is 1. The Bertz CT molecular complexity index is 423. The van der Waals surface area contributed by atoms with Crippen LogP contribution in [0.5, 0.6) is 0 Å². The fraction of sp³-hybridized carbons (Fsp3) is 0.385. The van der Waals surface area contributed by atoms with E-state index in [1.807, 2.05) is 38.1 Å². The van der Waals surface area contributed by atoms with E-state index in [0.29, 0.717) is 12.0 Å². The van der Waals surface area contributed by atoms with Gasteiger partial charge in [-0.05, 0) is 26.0 Å². The number of carbonyl (C=O) groups is 1. The highest BCUT2D eigenvalue weighted by molar-refractivity contribution is 5.99. The maximum Gasteiger partial charge on any atom is 0.253 e. The van der Waals surface area contributed by atoms with Crippen molar-refractivity contribution in [3.05, 3.63) is 29.8 Å². The second kappa shape index (κ2) is 6.54. The van der Waals surface area contributed by atoms with Gasteiger partial charge in [-0.1, -0.05) is 12.1 Å². The highest BCUT2D eigenvalue weighted by Crippen LogP contribution is 2.14. The lowest BCUT2D eigenvalue weighted by molar-refractivity contribution is 0.0941. The average Bonchev–Trinajstić information content (AvgIpc) is 2.30. The maximum atomic E-state index is 12.0. The van der Waals surface area contributed by atoms with Gasteiger partial charge in [-0.3, -0.25) is 4.79 Å². The third-order valence-corrected chi connectivity index (χ3v) is 2.31. The van der Waals surface area contributed by atoms with E-state index in [2.05, 4.69) is 10.6 Å². The molecule has 17 heavy (non-hydrogen) atoms. The zero-order valence-corrected chi connectivity index (χ0v) is 10.2.